The highest BCUT2D eigenvalue weighted by Gasteiger charge is 2.18. The maximum absolute atomic E-state index is 13.3. The van der Waals surface area contributed by atoms with Gasteiger partial charge in [0.2, 0.25) is 5.91 Å². The van der Waals surface area contributed by atoms with E-state index in [2.05, 4.69) is 22.9 Å². The van der Waals surface area contributed by atoms with Gasteiger partial charge in [-0.05, 0) is 23.6 Å². The highest BCUT2D eigenvalue weighted by Crippen LogP contribution is 2.34. The number of aromatic nitrogens is 2. The minimum absolute atomic E-state index is 0.0536. The summed E-state index contributed by atoms with van der Waals surface area (Å²) in [7, 11) is 0. The number of carbonyl (C=O) groups is 1. The van der Waals surface area contributed by atoms with Gasteiger partial charge in [-0.25, -0.2) is 4.98 Å². The Labute approximate surface area is 190 Å². The van der Waals surface area contributed by atoms with Gasteiger partial charge in [-0.1, -0.05) is 36.0 Å². The standard InChI is InChI=1S/C22H16N4O2S3/c1-2-9-26-21(28)19-15(17-8-5-10-29-17)12-30-20(19)25-22(26)31-13-18(27)24-16-7-4-3-6-14(16)11-23/h2-8,10,12H,1,9,13H2,(H,24,27). The highest BCUT2D eigenvalue weighted by atomic mass is 32.2. The third-order valence-electron chi connectivity index (χ3n) is 4.41. The maximum atomic E-state index is 13.3. The van der Waals surface area contributed by atoms with Crippen molar-refractivity contribution in [3.63, 3.8) is 0 Å². The second-order valence-electron chi connectivity index (χ2n) is 6.40. The van der Waals surface area contributed by atoms with Gasteiger partial charge in [0.25, 0.3) is 5.56 Å². The molecular formula is C22H16N4O2S3. The first-order valence-electron chi connectivity index (χ1n) is 9.21. The van der Waals surface area contributed by atoms with Crippen molar-refractivity contribution in [2.75, 3.05) is 11.1 Å². The molecule has 154 valence electrons. The molecule has 4 rings (SSSR count). The summed E-state index contributed by atoms with van der Waals surface area (Å²) in [6, 6.07) is 12.8. The average Bonchev–Trinajstić information content (AvgIpc) is 3.44. The average molecular weight is 465 g/mol. The number of amides is 1. The van der Waals surface area contributed by atoms with E-state index in [0.717, 1.165) is 10.4 Å². The number of anilines is 1. The van der Waals surface area contributed by atoms with E-state index in [-0.39, 0.29) is 17.2 Å². The summed E-state index contributed by atoms with van der Waals surface area (Å²) >= 11 is 4.17. The van der Waals surface area contributed by atoms with Crippen LogP contribution in [0.3, 0.4) is 0 Å². The molecule has 0 spiro atoms. The van der Waals surface area contributed by atoms with E-state index in [9.17, 15) is 14.9 Å². The lowest BCUT2D eigenvalue weighted by Crippen LogP contribution is -2.23. The number of benzene rings is 1. The summed E-state index contributed by atoms with van der Waals surface area (Å²) in [6.45, 7) is 4.04. The van der Waals surface area contributed by atoms with E-state index in [0.29, 0.717) is 33.2 Å². The van der Waals surface area contributed by atoms with Crippen molar-refractivity contribution in [3.05, 3.63) is 75.7 Å². The van der Waals surface area contributed by atoms with Gasteiger partial charge < -0.3 is 5.32 Å². The summed E-state index contributed by atoms with van der Waals surface area (Å²) in [4.78, 5) is 32.1. The summed E-state index contributed by atoms with van der Waals surface area (Å²) < 4.78 is 1.54. The second kappa shape index (κ2) is 9.31. The molecule has 0 saturated carbocycles. The van der Waals surface area contributed by atoms with E-state index >= 15 is 0 Å². The smallest absolute Gasteiger partial charge is 0.263 e. The Balaban J connectivity index is 1.62. The van der Waals surface area contributed by atoms with Crippen LogP contribution in [0.1, 0.15) is 5.56 Å². The number of fused-ring (bicyclic) bond motifs is 1. The third kappa shape index (κ3) is 4.32. The molecule has 1 aromatic carbocycles. The highest BCUT2D eigenvalue weighted by molar-refractivity contribution is 7.99. The van der Waals surface area contributed by atoms with Crippen LogP contribution in [0, 0.1) is 11.3 Å². The van der Waals surface area contributed by atoms with Crippen molar-refractivity contribution < 1.29 is 4.79 Å². The van der Waals surface area contributed by atoms with Crippen LogP contribution in [0.15, 0.2) is 69.8 Å². The lowest BCUT2D eigenvalue weighted by Gasteiger charge is -2.11. The molecule has 0 aliphatic carbocycles. The Morgan fingerprint density at radius 1 is 1.29 bits per heavy atom. The quantitative estimate of drug-likeness (QED) is 0.237. The molecule has 4 aromatic rings. The summed E-state index contributed by atoms with van der Waals surface area (Å²) in [5.74, 6) is -0.226. The molecular weight excluding hydrogens is 448 g/mol. The lowest BCUT2D eigenvalue weighted by atomic mass is 10.2. The molecule has 1 amide bonds. The zero-order valence-corrected chi connectivity index (χ0v) is 18.6. The van der Waals surface area contributed by atoms with Crippen LogP contribution in [-0.4, -0.2) is 21.2 Å². The number of nitrogens with zero attached hydrogens (tertiary/aromatic N) is 3. The normalized spacial score (nSPS) is 10.7. The Morgan fingerprint density at radius 3 is 2.87 bits per heavy atom. The minimum atomic E-state index is -0.280. The van der Waals surface area contributed by atoms with Crippen LogP contribution >= 0.6 is 34.4 Å². The number of thiophene rings is 2. The summed E-state index contributed by atoms with van der Waals surface area (Å²) in [5, 5.41) is 16.9. The van der Waals surface area contributed by atoms with Crippen LogP contribution < -0.4 is 10.9 Å². The molecule has 9 heteroatoms. The fraction of sp³-hybridized carbons (Fsp3) is 0.0909. The first-order chi connectivity index (χ1) is 15.1. The molecule has 0 radical (unpaired) electrons. The number of hydrogen-bond donors (Lipinski definition) is 1. The number of allylic oxidation sites excluding steroid dienone is 1. The van der Waals surface area contributed by atoms with Crippen molar-refractivity contribution in [2.45, 2.75) is 11.7 Å². The number of hydrogen-bond acceptors (Lipinski definition) is 7. The molecule has 0 saturated heterocycles. The van der Waals surface area contributed by atoms with Crippen LogP contribution in [0.4, 0.5) is 5.69 Å². The number of para-hydroxylation sites is 1. The molecule has 6 nitrogen and oxygen atoms in total. The van der Waals surface area contributed by atoms with Crippen molar-refractivity contribution in [3.8, 4) is 16.5 Å². The zero-order valence-electron chi connectivity index (χ0n) is 16.2. The van der Waals surface area contributed by atoms with Gasteiger partial charge in [-0.2, -0.15) is 5.26 Å². The van der Waals surface area contributed by atoms with Gasteiger partial charge in [0, 0.05) is 22.4 Å². The molecule has 3 heterocycles. The van der Waals surface area contributed by atoms with Crippen LogP contribution in [0.5, 0.6) is 0 Å². The van der Waals surface area contributed by atoms with Gasteiger partial charge in [-0.3, -0.25) is 14.2 Å². The van der Waals surface area contributed by atoms with E-state index in [1.807, 2.05) is 22.9 Å². The first-order valence-corrected chi connectivity index (χ1v) is 12.0. The summed E-state index contributed by atoms with van der Waals surface area (Å²) in [6.07, 6.45) is 1.64. The second-order valence-corrected chi connectivity index (χ2v) is 9.15. The summed E-state index contributed by atoms with van der Waals surface area (Å²) in [5.41, 5.74) is 1.59. The van der Waals surface area contributed by atoms with Gasteiger partial charge >= 0.3 is 0 Å². The molecule has 0 atom stereocenters. The van der Waals surface area contributed by atoms with Crippen molar-refractivity contribution in [1.29, 1.82) is 5.26 Å². The largest absolute Gasteiger partial charge is 0.324 e. The Hall–Kier alpha value is -3.19. The number of rotatable bonds is 7. The first kappa shape index (κ1) is 21.1. The van der Waals surface area contributed by atoms with Crippen LogP contribution in [-0.2, 0) is 11.3 Å². The van der Waals surface area contributed by atoms with Crippen LogP contribution in [0.2, 0.25) is 0 Å². The Bertz CT molecular complexity index is 1360. The molecule has 0 fully saturated rings. The monoisotopic (exact) mass is 464 g/mol. The van der Waals surface area contributed by atoms with Gasteiger partial charge in [-0.15, -0.1) is 29.3 Å². The van der Waals surface area contributed by atoms with Gasteiger partial charge in [0.1, 0.15) is 10.9 Å². The predicted octanol–water partition coefficient (Wildman–Crippen LogP) is 4.97. The molecule has 0 unspecified atom stereocenters. The lowest BCUT2D eigenvalue weighted by molar-refractivity contribution is -0.113. The van der Waals surface area contributed by atoms with Gasteiger partial charge in [0.05, 0.1) is 22.4 Å². The minimum Gasteiger partial charge on any atom is -0.324 e. The number of thioether (sulfide) groups is 1. The van der Waals surface area contributed by atoms with Gasteiger partial charge in [0.15, 0.2) is 5.16 Å². The Kier molecular flexibility index (Phi) is 6.32. The predicted molar refractivity (Wildman–Crippen MR) is 128 cm³/mol. The van der Waals surface area contributed by atoms with E-state index < -0.39 is 0 Å². The molecule has 1 N–H and O–H groups in total. The van der Waals surface area contributed by atoms with Crippen molar-refractivity contribution in [1.82, 2.24) is 9.55 Å². The van der Waals surface area contributed by atoms with E-state index in [1.54, 1.807) is 46.2 Å². The number of carbonyl (C=O) groups excluding carboxylic acids is 1. The molecule has 0 bridgehead atoms. The fourth-order valence-electron chi connectivity index (χ4n) is 3.03. The maximum Gasteiger partial charge on any atom is 0.263 e. The van der Waals surface area contributed by atoms with Crippen molar-refractivity contribution in [2.24, 2.45) is 0 Å². The van der Waals surface area contributed by atoms with E-state index in [4.69, 9.17) is 0 Å². The topological polar surface area (TPSA) is 87.8 Å². The molecule has 3 aromatic heterocycles. The van der Waals surface area contributed by atoms with E-state index in [1.165, 1.54) is 23.1 Å². The zero-order chi connectivity index (χ0) is 21.8. The number of nitrogens with one attached hydrogen (secondary N) is 1. The molecule has 0 aliphatic rings. The third-order valence-corrected chi connectivity index (χ3v) is 7.16. The molecule has 0 aliphatic heterocycles. The fourth-order valence-corrected chi connectivity index (χ4v) is 5.64. The Morgan fingerprint density at radius 2 is 2.13 bits per heavy atom. The number of nitriles is 1. The van der Waals surface area contributed by atoms with Crippen LogP contribution in [0.25, 0.3) is 20.7 Å². The SMILES string of the molecule is C=CCn1c(SCC(=O)Nc2ccccc2C#N)nc2scc(-c3cccs3)c2c1=O. The van der Waals surface area contributed by atoms with Crippen molar-refractivity contribution >= 4 is 56.2 Å². The molecule has 31 heavy (non-hydrogen) atoms.